The number of amides is 1. The molecule has 34 heavy (non-hydrogen) atoms. The third-order valence-corrected chi connectivity index (χ3v) is 9.62. The van der Waals surface area contributed by atoms with E-state index >= 15 is 0 Å². The number of carbonyl (C=O) groups is 1. The number of fused-ring (bicyclic) bond motifs is 2. The zero-order valence-corrected chi connectivity index (χ0v) is 21.4. The highest BCUT2D eigenvalue weighted by atomic mass is 32.2. The van der Waals surface area contributed by atoms with E-state index in [1.165, 1.54) is 37.4 Å². The average Bonchev–Trinajstić information content (AvgIpc) is 3.41. The maximum atomic E-state index is 12.7. The number of hydrazone groups is 1. The fourth-order valence-electron chi connectivity index (χ4n) is 6.04. The summed E-state index contributed by atoms with van der Waals surface area (Å²) >= 11 is 1.42. The number of benzene rings is 1. The lowest BCUT2D eigenvalue weighted by Gasteiger charge is -2.34. The molecule has 2 atom stereocenters. The number of hydrogen-bond acceptors (Lipinski definition) is 6. The van der Waals surface area contributed by atoms with Crippen molar-refractivity contribution in [1.29, 1.82) is 0 Å². The van der Waals surface area contributed by atoms with Gasteiger partial charge in [-0.3, -0.25) is 14.3 Å². The molecule has 1 aromatic heterocycles. The SMILES string of the molecule is CC12CCC(C/C1=N/NC(=O)CSc1nnc(CN3CCCCC3)n1-c1ccccc1)C2(C)C. The van der Waals surface area contributed by atoms with E-state index in [9.17, 15) is 4.79 Å². The van der Waals surface area contributed by atoms with Gasteiger partial charge in [0.25, 0.3) is 5.91 Å². The number of likely N-dealkylation sites (tertiary alicyclic amines) is 1. The van der Waals surface area contributed by atoms with Crippen LogP contribution < -0.4 is 5.43 Å². The third-order valence-electron chi connectivity index (χ3n) is 8.69. The van der Waals surface area contributed by atoms with Crippen molar-refractivity contribution in [3.8, 4) is 5.69 Å². The van der Waals surface area contributed by atoms with Gasteiger partial charge in [-0.25, -0.2) is 5.43 Å². The minimum absolute atomic E-state index is 0.0922. The zero-order valence-electron chi connectivity index (χ0n) is 20.6. The van der Waals surface area contributed by atoms with Crippen LogP contribution in [0.5, 0.6) is 0 Å². The van der Waals surface area contributed by atoms with E-state index in [4.69, 9.17) is 0 Å². The lowest BCUT2D eigenvalue weighted by Crippen LogP contribution is -2.34. The third kappa shape index (κ3) is 4.31. The summed E-state index contributed by atoms with van der Waals surface area (Å²) < 4.78 is 2.10. The van der Waals surface area contributed by atoms with E-state index in [1.807, 2.05) is 18.2 Å². The molecule has 1 aliphatic heterocycles. The van der Waals surface area contributed by atoms with E-state index in [1.54, 1.807) is 0 Å². The summed E-state index contributed by atoms with van der Waals surface area (Å²) in [6, 6.07) is 10.2. The molecule has 2 heterocycles. The largest absolute Gasteiger partial charge is 0.296 e. The van der Waals surface area contributed by atoms with E-state index in [-0.39, 0.29) is 22.5 Å². The van der Waals surface area contributed by atoms with Crippen molar-refractivity contribution in [3.05, 3.63) is 36.2 Å². The van der Waals surface area contributed by atoms with Gasteiger partial charge in [0.2, 0.25) is 0 Å². The summed E-state index contributed by atoms with van der Waals surface area (Å²) in [6.07, 6.45) is 7.20. The molecule has 0 radical (unpaired) electrons. The molecule has 8 heteroatoms. The second kappa shape index (κ2) is 9.46. The Labute approximate surface area is 206 Å². The number of para-hydroxylation sites is 1. The van der Waals surface area contributed by atoms with Crippen LogP contribution in [-0.4, -0.2) is 50.1 Å². The van der Waals surface area contributed by atoms with Gasteiger partial charge in [0.15, 0.2) is 11.0 Å². The van der Waals surface area contributed by atoms with Crippen molar-refractivity contribution >= 4 is 23.4 Å². The van der Waals surface area contributed by atoms with Crippen LogP contribution in [0.3, 0.4) is 0 Å². The van der Waals surface area contributed by atoms with Gasteiger partial charge in [-0.2, -0.15) is 5.10 Å². The van der Waals surface area contributed by atoms with Crippen LogP contribution in [0, 0.1) is 16.7 Å². The summed E-state index contributed by atoms with van der Waals surface area (Å²) in [5.41, 5.74) is 5.36. The monoisotopic (exact) mass is 480 g/mol. The second-order valence-corrected chi connectivity index (χ2v) is 11.7. The minimum Gasteiger partial charge on any atom is -0.296 e. The Balaban J connectivity index is 1.27. The highest BCUT2D eigenvalue weighted by molar-refractivity contribution is 7.99. The Bertz CT molecular complexity index is 1060. The van der Waals surface area contributed by atoms with Crippen molar-refractivity contribution in [2.24, 2.45) is 21.8 Å². The molecular formula is C26H36N6OS. The summed E-state index contributed by atoms with van der Waals surface area (Å²) in [4.78, 5) is 15.2. The van der Waals surface area contributed by atoms with E-state index in [2.05, 4.69) is 63.1 Å². The van der Waals surface area contributed by atoms with Crippen molar-refractivity contribution in [1.82, 2.24) is 25.1 Å². The summed E-state index contributed by atoms with van der Waals surface area (Å²) in [5.74, 6) is 1.76. The van der Waals surface area contributed by atoms with E-state index in [0.717, 1.165) is 54.9 Å². The zero-order chi connectivity index (χ0) is 23.8. The molecule has 1 amide bonds. The molecule has 2 bridgehead atoms. The lowest BCUT2D eigenvalue weighted by atomic mass is 9.70. The molecule has 1 aromatic carbocycles. The Morgan fingerprint density at radius 2 is 1.91 bits per heavy atom. The number of hydrogen-bond donors (Lipinski definition) is 1. The summed E-state index contributed by atoms with van der Waals surface area (Å²) in [7, 11) is 0. The number of nitrogens with zero attached hydrogens (tertiary/aromatic N) is 5. The molecular weight excluding hydrogens is 444 g/mol. The first-order valence-corrected chi connectivity index (χ1v) is 13.6. The van der Waals surface area contributed by atoms with Crippen molar-refractivity contribution in [3.63, 3.8) is 0 Å². The van der Waals surface area contributed by atoms with Crippen LogP contribution in [-0.2, 0) is 11.3 Å². The number of carbonyl (C=O) groups excluding carboxylic acids is 1. The molecule has 182 valence electrons. The number of piperidine rings is 1. The highest BCUT2D eigenvalue weighted by Crippen LogP contribution is 2.63. The van der Waals surface area contributed by atoms with Crippen LogP contribution in [0.1, 0.15) is 65.1 Å². The van der Waals surface area contributed by atoms with Gasteiger partial charge in [0.05, 0.1) is 12.3 Å². The van der Waals surface area contributed by atoms with Gasteiger partial charge >= 0.3 is 0 Å². The van der Waals surface area contributed by atoms with Crippen molar-refractivity contribution in [2.75, 3.05) is 18.8 Å². The predicted molar refractivity (Wildman–Crippen MR) is 136 cm³/mol. The molecule has 3 aliphatic rings. The smallest absolute Gasteiger partial charge is 0.250 e. The van der Waals surface area contributed by atoms with Crippen molar-refractivity contribution < 1.29 is 4.79 Å². The van der Waals surface area contributed by atoms with Crippen LogP contribution >= 0.6 is 11.8 Å². The van der Waals surface area contributed by atoms with Crippen LogP contribution in [0.4, 0.5) is 0 Å². The predicted octanol–water partition coefficient (Wildman–Crippen LogP) is 4.66. The molecule has 2 aliphatic carbocycles. The lowest BCUT2D eigenvalue weighted by molar-refractivity contribution is -0.118. The molecule has 2 saturated carbocycles. The van der Waals surface area contributed by atoms with Crippen LogP contribution in [0.25, 0.3) is 5.69 Å². The number of thioether (sulfide) groups is 1. The van der Waals surface area contributed by atoms with Crippen LogP contribution in [0.2, 0.25) is 0 Å². The van der Waals surface area contributed by atoms with Crippen molar-refractivity contribution in [2.45, 2.75) is 71.0 Å². The van der Waals surface area contributed by atoms with Gasteiger partial charge < -0.3 is 0 Å². The fraction of sp³-hybridized carbons (Fsp3) is 0.615. The van der Waals surface area contributed by atoms with Gasteiger partial charge in [-0.15, -0.1) is 10.2 Å². The van der Waals surface area contributed by atoms with Gasteiger partial charge in [-0.05, 0) is 68.7 Å². The maximum Gasteiger partial charge on any atom is 0.250 e. The Kier molecular flexibility index (Phi) is 6.55. The molecule has 7 nitrogen and oxygen atoms in total. The van der Waals surface area contributed by atoms with Gasteiger partial charge in [0.1, 0.15) is 0 Å². The van der Waals surface area contributed by atoms with Crippen LogP contribution in [0.15, 0.2) is 40.6 Å². The molecule has 3 fully saturated rings. The van der Waals surface area contributed by atoms with E-state index < -0.39 is 0 Å². The first-order chi connectivity index (χ1) is 16.4. The Morgan fingerprint density at radius 3 is 2.59 bits per heavy atom. The standard InChI is InChI=1S/C26H36N6OS/c1-25(2)19-12-13-26(25,3)21(16-19)27-29-23(33)18-34-24-30-28-22(17-31-14-8-5-9-15-31)32(24)20-10-6-4-7-11-20/h4,6-7,10-11,19H,5,8-9,12-18H2,1-3H3,(H,29,33)/b27-21-. The number of aromatic nitrogens is 3. The molecule has 5 rings (SSSR count). The topological polar surface area (TPSA) is 75.4 Å². The normalized spacial score (nSPS) is 27.4. The summed E-state index contributed by atoms with van der Waals surface area (Å²) in [6.45, 7) is 9.99. The maximum absolute atomic E-state index is 12.7. The highest BCUT2D eigenvalue weighted by Gasteiger charge is 2.60. The quantitative estimate of drug-likeness (QED) is 0.461. The first-order valence-electron chi connectivity index (χ1n) is 12.6. The fourth-order valence-corrected chi connectivity index (χ4v) is 6.80. The molecule has 0 spiro atoms. The second-order valence-electron chi connectivity index (χ2n) is 10.8. The molecule has 2 unspecified atom stereocenters. The first kappa shape index (κ1) is 23.5. The van der Waals surface area contributed by atoms with Gasteiger partial charge in [0, 0.05) is 16.8 Å². The van der Waals surface area contributed by atoms with E-state index in [0.29, 0.717) is 5.92 Å². The Morgan fingerprint density at radius 1 is 1.15 bits per heavy atom. The number of nitrogens with one attached hydrogen (secondary N) is 1. The summed E-state index contributed by atoms with van der Waals surface area (Å²) in [5, 5.41) is 14.3. The Hall–Kier alpha value is -2.19. The van der Waals surface area contributed by atoms with Gasteiger partial charge in [-0.1, -0.05) is 57.2 Å². The molecule has 2 aromatic rings. The minimum atomic E-state index is -0.0955. The number of rotatable bonds is 7. The molecule has 1 N–H and O–H groups in total. The average molecular weight is 481 g/mol. The molecule has 1 saturated heterocycles.